The molecule has 0 aromatic heterocycles. The lowest BCUT2D eigenvalue weighted by Crippen LogP contribution is -1.92. The second-order valence-corrected chi connectivity index (χ2v) is 3.97. The fourth-order valence-electron chi connectivity index (χ4n) is 1.43. The summed E-state index contributed by atoms with van der Waals surface area (Å²) in [6.45, 7) is 0. The normalized spacial score (nSPS) is 10.6. The Morgan fingerprint density at radius 2 is 2.00 bits per heavy atom. The molecule has 0 atom stereocenters. The number of ether oxygens (including phenoxy) is 2. The van der Waals surface area contributed by atoms with Gasteiger partial charge >= 0.3 is 5.97 Å². The summed E-state index contributed by atoms with van der Waals surface area (Å²) < 4.78 is 10.3. The van der Waals surface area contributed by atoms with Crippen LogP contribution in [0.3, 0.4) is 0 Å². The molecule has 0 radical (unpaired) electrons. The Morgan fingerprint density at radius 3 is 2.56 bits per heavy atom. The predicted octanol–water partition coefficient (Wildman–Crippen LogP) is 3.24. The maximum absolute atomic E-state index is 10.4. The lowest BCUT2D eigenvalue weighted by atomic mass is 10.1. The highest BCUT2D eigenvalue weighted by Gasteiger charge is 2.07. The summed E-state index contributed by atoms with van der Waals surface area (Å²) in [4.78, 5) is 10.4. The van der Waals surface area contributed by atoms with Crippen molar-refractivity contribution >= 4 is 23.6 Å². The van der Waals surface area contributed by atoms with Gasteiger partial charge in [-0.25, -0.2) is 0 Å². The van der Waals surface area contributed by atoms with Crippen LogP contribution in [0.2, 0.25) is 5.02 Å². The summed E-state index contributed by atoms with van der Waals surface area (Å²) in [5.41, 5.74) is 0.795. The SMILES string of the molecule is COc1cc(C=CCCC(=O)O)c(OC)cc1Cl. The van der Waals surface area contributed by atoms with Crippen molar-refractivity contribution in [1.29, 1.82) is 0 Å². The minimum atomic E-state index is -0.819. The van der Waals surface area contributed by atoms with E-state index < -0.39 is 5.97 Å². The monoisotopic (exact) mass is 270 g/mol. The first kappa shape index (κ1) is 14.4. The number of hydrogen-bond acceptors (Lipinski definition) is 3. The first-order valence-corrected chi connectivity index (χ1v) is 5.76. The molecule has 1 aromatic rings. The molecular formula is C13H15ClO4. The standard InChI is InChI=1S/C13H15ClO4/c1-17-11-8-10(14)12(18-2)7-9(11)5-3-4-6-13(15)16/h3,5,7-8H,4,6H2,1-2H3,(H,15,16). The van der Waals surface area contributed by atoms with E-state index in [-0.39, 0.29) is 6.42 Å². The molecule has 0 amide bonds. The molecule has 0 aliphatic rings. The summed E-state index contributed by atoms with van der Waals surface area (Å²) >= 11 is 5.98. The fraction of sp³-hybridized carbons (Fsp3) is 0.308. The number of benzene rings is 1. The van der Waals surface area contributed by atoms with Crippen LogP contribution in [0.1, 0.15) is 18.4 Å². The largest absolute Gasteiger partial charge is 0.496 e. The number of rotatable bonds is 6. The van der Waals surface area contributed by atoms with Crippen LogP contribution in [0, 0.1) is 0 Å². The molecule has 18 heavy (non-hydrogen) atoms. The van der Waals surface area contributed by atoms with Gasteiger partial charge in [0.25, 0.3) is 0 Å². The Balaban J connectivity index is 2.89. The van der Waals surface area contributed by atoms with Gasteiger partial charge in [0, 0.05) is 18.1 Å². The summed E-state index contributed by atoms with van der Waals surface area (Å²) in [5, 5.41) is 9.00. The first-order valence-electron chi connectivity index (χ1n) is 5.38. The number of carbonyl (C=O) groups is 1. The minimum Gasteiger partial charge on any atom is -0.496 e. The Bertz CT molecular complexity index is 455. The average molecular weight is 271 g/mol. The Morgan fingerprint density at radius 1 is 1.33 bits per heavy atom. The van der Waals surface area contributed by atoms with Crippen LogP contribution in [0.5, 0.6) is 11.5 Å². The summed E-state index contributed by atoms with van der Waals surface area (Å²) in [6, 6.07) is 3.41. The van der Waals surface area contributed by atoms with E-state index in [0.29, 0.717) is 22.9 Å². The van der Waals surface area contributed by atoms with Crippen molar-refractivity contribution in [3.8, 4) is 11.5 Å². The van der Waals surface area contributed by atoms with Gasteiger partial charge in [0.2, 0.25) is 0 Å². The van der Waals surface area contributed by atoms with Crippen LogP contribution in [-0.2, 0) is 4.79 Å². The fourth-order valence-corrected chi connectivity index (χ4v) is 1.66. The summed E-state index contributed by atoms with van der Waals surface area (Å²) in [5.74, 6) is 0.350. The van der Waals surface area contributed by atoms with Crippen molar-refractivity contribution in [1.82, 2.24) is 0 Å². The first-order chi connectivity index (χ1) is 8.58. The van der Waals surface area contributed by atoms with Gasteiger partial charge in [0.05, 0.1) is 19.2 Å². The van der Waals surface area contributed by atoms with Crippen molar-refractivity contribution in [2.75, 3.05) is 14.2 Å². The third-order valence-corrected chi connectivity index (χ3v) is 2.62. The number of carboxylic acids is 1. The van der Waals surface area contributed by atoms with Gasteiger partial charge in [-0.2, -0.15) is 0 Å². The van der Waals surface area contributed by atoms with E-state index in [2.05, 4.69) is 0 Å². The second kappa shape index (κ2) is 6.91. The lowest BCUT2D eigenvalue weighted by molar-refractivity contribution is -0.136. The zero-order chi connectivity index (χ0) is 13.5. The van der Waals surface area contributed by atoms with Gasteiger partial charge in [-0.15, -0.1) is 0 Å². The highest BCUT2D eigenvalue weighted by molar-refractivity contribution is 6.32. The molecule has 5 heteroatoms. The van der Waals surface area contributed by atoms with Gasteiger partial charge in [-0.3, -0.25) is 4.79 Å². The quantitative estimate of drug-likeness (QED) is 0.862. The Labute approximate surface area is 111 Å². The van der Waals surface area contributed by atoms with Crippen molar-refractivity contribution in [3.63, 3.8) is 0 Å². The lowest BCUT2D eigenvalue weighted by Gasteiger charge is -2.09. The molecule has 0 saturated heterocycles. The van der Waals surface area contributed by atoms with Crippen molar-refractivity contribution in [2.24, 2.45) is 0 Å². The second-order valence-electron chi connectivity index (χ2n) is 3.56. The van der Waals surface area contributed by atoms with E-state index in [1.165, 1.54) is 7.11 Å². The maximum Gasteiger partial charge on any atom is 0.303 e. The molecule has 0 aliphatic carbocycles. The molecule has 4 nitrogen and oxygen atoms in total. The van der Waals surface area contributed by atoms with E-state index in [1.807, 2.05) is 0 Å². The van der Waals surface area contributed by atoms with Crippen LogP contribution >= 0.6 is 11.6 Å². The number of allylic oxidation sites excluding steroid dienone is 1. The number of carboxylic acid groups (broad SMARTS) is 1. The number of aliphatic carboxylic acids is 1. The third-order valence-electron chi connectivity index (χ3n) is 2.33. The molecule has 1 aromatic carbocycles. The molecule has 1 N–H and O–H groups in total. The molecule has 98 valence electrons. The topological polar surface area (TPSA) is 55.8 Å². The number of hydrogen-bond donors (Lipinski definition) is 1. The van der Waals surface area contributed by atoms with E-state index in [4.69, 9.17) is 26.2 Å². The van der Waals surface area contributed by atoms with Gasteiger partial charge in [-0.1, -0.05) is 23.8 Å². The molecule has 0 unspecified atom stereocenters. The van der Waals surface area contributed by atoms with Crippen LogP contribution in [-0.4, -0.2) is 25.3 Å². The molecule has 0 bridgehead atoms. The maximum atomic E-state index is 10.4. The zero-order valence-electron chi connectivity index (χ0n) is 10.3. The summed E-state index contributed by atoms with van der Waals surface area (Å²) in [7, 11) is 3.08. The third kappa shape index (κ3) is 3.96. The minimum absolute atomic E-state index is 0.101. The molecule has 0 saturated carbocycles. The van der Waals surface area contributed by atoms with Gasteiger partial charge in [0.1, 0.15) is 11.5 Å². The number of methoxy groups -OCH3 is 2. The van der Waals surface area contributed by atoms with E-state index in [1.54, 1.807) is 31.4 Å². The molecular weight excluding hydrogens is 256 g/mol. The van der Waals surface area contributed by atoms with E-state index >= 15 is 0 Å². The van der Waals surface area contributed by atoms with Crippen molar-refractivity contribution in [2.45, 2.75) is 12.8 Å². The summed E-state index contributed by atoms with van der Waals surface area (Å²) in [6.07, 6.45) is 4.13. The molecule has 0 aliphatic heterocycles. The van der Waals surface area contributed by atoms with E-state index in [9.17, 15) is 4.79 Å². The highest BCUT2D eigenvalue weighted by Crippen LogP contribution is 2.33. The van der Waals surface area contributed by atoms with E-state index in [0.717, 1.165) is 5.56 Å². The molecule has 0 spiro atoms. The molecule has 0 fully saturated rings. The van der Waals surface area contributed by atoms with Gasteiger partial charge in [-0.05, 0) is 12.5 Å². The van der Waals surface area contributed by atoms with Crippen LogP contribution in [0.15, 0.2) is 18.2 Å². The van der Waals surface area contributed by atoms with Crippen molar-refractivity contribution in [3.05, 3.63) is 28.8 Å². The van der Waals surface area contributed by atoms with Crippen LogP contribution in [0.4, 0.5) is 0 Å². The smallest absolute Gasteiger partial charge is 0.303 e. The average Bonchev–Trinajstić information content (AvgIpc) is 2.35. The van der Waals surface area contributed by atoms with Gasteiger partial charge in [0.15, 0.2) is 0 Å². The molecule has 0 heterocycles. The highest BCUT2D eigenvalue weighted by atomic mass is 35.5. The van der Waals surface area contributed by atoms with Crippen molar-refractivity contribution < 1.29 is 19.4 Å². The van der Waals surface area contributed by atoms with Gasteiger partial charge < -0.3 is 14.6 Å². The Kier molecular flexibility index (Phi) is 5.52. The zero-order valence-corrected chi connectivity index (χ0v) is 11.0. The predicted molar refractivity (Wildman–Crippen MR) is 70.5 cm³/mol. The van der Waals surface area contributed by atoms with Crippen LogP contribution < -0.4 is 9.47 Å². The molecule has 1 rings (SSSR count). The van der Waals surface area contributed by atoms with Crippen LogP contribution in [0.25, 0.3) is 6.08 Å². The Hall–Kier alpha value is -1.68. The number of halogens is 1.